The Bertz CT molecular complexity index is 824. The number of aryl methyl sites for hydroxylation is 1. The van der Waals surface area contributed by atoms with Gasteiger partial charge >= 0.3 is 0 Å². The number of nitrogens with one attached hydrogen (secondary N) is 1. The zero-order chi connectivity index (χ0) is 14.8. The van der Waals surface area contributed by atoms with E-state index in [4.69, 9.17) is 0 Å². The highest BCUT2D eigenvalue weighted by Gasteiger charge is 2.09. The summed E-state index contributed by atoms with van der Waals surface area (Å²) >= 11 is 0. The van der Waals surface area contributed by atoms with E-state index in [1.165, 1.54) is 0 Å². The second-order valence-electron chi connectivity index (χ2n) is 5.04. The first-order valence-electron chi connectivity index (χ1n) is 6.73. The average molecular weight is 277 g/mol. The first-order valence-corrected chi connectivity index (χ1v) is 6.73. The van der Waals surface area contributed by atoms with Gasteiger partial charge in [-0.15, -0.1) is 0 Å². The molecular weight excluding hydrogens is 262 g/mol. The number of carbonyl (C=O) groups is 1. The number of fused-ring (bicyclic) bond motifs is 1. The van der Waals surface area contributed by atoms with Crippen LogP contribution in [-0.2, 0) is 0 Å². The Morgan fingerprint density at radius 3 is 2.48 bits per heavy atom. The molecule has 3 heteroatoms. The zero-order valence-electron chi connectivity index (χ0n) is 11.6. The zero-order valence-corrected chi connectivity index (χ0v) is 11.6. The summed E-state index contributed by atoms with van der Waals surface area (Å²) in [6, 6.07) is 18.6. The van der Waals surface area contributed by atoms with Gasteiger partial charge in [0.1, 0.15) is 5.75 Å². The number of amides is 1. The molecule has 0 saturated carbocycles. The summed E-state index contributed by atoms with van der Waals surface area (Å²) in [6.07, 6.45) is 0. The molecule has 0 aliphatic heterocycles. The third kappa shape index (κ3) is 2.72. The van der Waals surface area contributed by atoms with Crippen LogP contribution in [0.3, 0.4) is 0 Å². The van der Waals surface area contributed by atoms with E-state index < -0.39 is 0 Å². The number of hydrogen-bond donors (Lipinski definition) is 2. The average Bonchev–Trinajstić information content (AvgIpc) is 2.49. The van der Waals surface area contributed by atoms with Gasteiger partial charge in [-0.1, -0.05) is 36.4 Å². The van der Waals surface area contributed by atoms with Gasteiger partial charge in [0.05, 0.1) is 5.69 Å². The Labute approximate surface area is 122 Å². The first kappa shape index (κ1) is 13.2. The van der Waals surface area contributed by atoms with E-state index in [0.29, 0.717) is 11.3 Å². The summed E-state index contributed by atoms with van der Waals surface area (Å²) in [7, 11) is 0. The maximum absolute atomic E-state index is 12.3. The Morgan fingerprint density at radius 2 is 1.71 bits per heavy atom. The highest BCUT2D eigenvalue weighted by molar-refractivity contribution is 6.07. The van der Waals surface area contributed by atoms with Crippen LogP contribution < -0.4 is 5.32 Å². The van der Waals surface area contributed by atoms with Crippen LogP contribution in [0.2, 0.25) is 0 Å². The number of phenolic OH excluding ortho intramolecular Hbond substituents is 1. The third-order valence-electron chi connectivity index (χ3n) is 3.41. The summed E-state index contributed by atoms with van der Waals surface area (Å²) in [4.78, 5) is 12.3. The van der Waals surface area contributed by atoms with Crippen molar-refractivity contribution in [1.29, 1.82) is 0 Å². The molecule has 0 aliphatic carbocycles. The molecular formula is C18H15NO2. The molecule has 0 aliphatic rings. The minimum absolute atomic E-state index is 0.0733. The maximum atomic E-state index is 12.3. The molecule has 3 rings (SSSR count). The van der Waals surface area contributed by atoms with Gasteiger partial charge in [-0.25, -0.2) is 0 Å². The topological polar surface area (TPSA) is 49.3 Å². The molecule has 0 aromatic heterocycles. The molecule has 21 heavy (non-hydrogen) atoms. The van der Waals surface area contributed by atoms with Crippen molar-refractivity contribution in [2.75, 3.05) is 5.32 Å². The van der Waals surface area contributed by atoms with Crippen LogP contribution in [-0.4, -0.2) is 11.0 Å². The van der Waals surface area contributed by atoms with Crippen molar-refractivity contribution < 1.29 is 9.90 Å². The van der Waals surface area contributed by atoms with E-state index in [9.17, 15) is 9.90 Å². The van der Waals surface area contributed by atoms with Crippen molar-refractivity contribution in [3.8, 4) is 5.75 Å². The summed E-state index contributed by atoms with van der Waals surface area (Å²) in [5.74, 6) is -0.163. The van der Waals surface area contributed by atoms with Gasteiger partial charge in [0.2, 0.25) is 0 Å². The lowest BCUT2D eigenvalue weighted by Gasteiger charge is -2.08. The first-order chi connectivity index (χ1) is 10.1. The van der Waals surface area contributed by atoms with Crippen LogP contribution in [0.25, 0.3) is 10.8 Å². The molecule has 0 bridgehead atoms. The Kier molecular flexibility index (Phi) is 3.32. The third-order valence-corrected chi connectivity index (χ3v) is 3.41. The van der Waals surface area contributed by atoms with Crippen LogP contribution in [0, 0.1) is 6.92 Å². The predicted molar refractivity (Wildman–Crippen MR) is 84.7 cm³/mol. The maximum Gasteiger partial charge on any atom is 0.255 e. The van der Waals surface area contributed by atoms with Gasteiger partial charge in [0.15, 0.2) is 0 Å². The van der Waals surface area contributed by atoms with Crippen LogP contribution in [0.15, 0.2) is 60.7 Å². The molecule has 0 radical (unpaired) electrons. The van der Waals surface area contributed by atoms with Crippen LogP contribution in [0.4, 0.5) is 5.69 Å². The monoisotopic (exact) mass is 277 g/mol. The molecule has 2 N–H and O–H groups in total. The highest BCUT2D eigenvalue weighted by Crippen LogP contribution is 2.25. The molecule has 0 saturated heterocycles. The van der Waals surface area contributed by atoms with Crippen LogP contribution in [0.5, 0.6) is 5.75 Å². The molecule has 1 amide bonds. The van der Waals surface area contributed by atoms with Gasteiger partial charge in [-0.05, 0) is 47.5 Å². The number of phenols is 1. The molecule has 0 atom stereocenters. The number of aromatic hydroxyl groups is 1. The summed E-state index contributed by atoms with van der Waals surface area (Å²) < 4.78 is 0. The molecule has 104 valence electrons. The van der Waals surface area contributed by atoms with Crippen molar-refractivity contribution in [3.05, 3.63) is 71.8 Å². The fourth-order valence-corrected chi connectivity index (χ4v) is 2.27. The van der Waals surface area contributed by atoms with E-state index in [2.05, 4.69) is 5.32 Å². The lowest BCUT2D eigenvalue weighted by atomic mass is 10.1. The Morgan fingerprint density at radius 1 is 0.952 bits per heavy atom. The van der Waals surface area contributed by atoms with E-state index in [-0.39, 0.29) is 11.7 Å². The van der Waals surface area contributed by atoms with Crippen molar-refractivity contribution in [3.63, 3.8) is 0 Å². The van der Waals surface area contributed by atoms with E-state index >= 15 is 0 Å². The Balaban J connectivity index is 1.89. The van der Waals surface area contributed by atoms with Gasteiger partial charge < -0.3 is 10.4 Å². The predicted octanol–water partition coefficient (Wildman–Crippen LogP) is 4.11. The molecule has 3 aromatic rings. The van der Waals surface area contributed by atoms with Gasteiger partial charge in [-0.2, -0.15) is 0 Å². The second kappa shape index (κ2) is 5.29. The number of hydrogen-bond acceptors (Lipinski definition) is 2. The number of anilines is 1. The van der Waals surface area contributed by atoms with Crippen molar-refractivity contribution >= 4 is 22.4 Å². The fraction of sp³-hybridized carbons (Fsp3) is 0.0556. The molecule has 0 unspecified atom stereocenters. The SMILES string of the molecule is Cc1ccc(NC(=O)c2ccc3ccccc3c2)c(O)c1. The smallest absolute Gasteiger partial charge is 0.255 e. The van der Waals surface area contributed by atoms with E-state index in [1.807, 2.05) is 49.4 Å². The van der Waals surface area contributed by atoms with Gasteiger partial charge in [0, 0.05) is 5.56 Å². The standard InChI is InChI=1S/C18H15NO2/c1-12-6-9-16(17(20)10-12)19-18(21)15-8-7-13-4-2-3-5-14(13)11-15/h2-11,20H,1H3,(H,19,21). The lowest BCUT2D eigenvalue weighted by molar-refractivity contribution is 0.102. The number of benzene rings is 3. The summed E-state index contributed by atoms with van der Waals surface area (Å²) in [5.41, 5.74) is 1.92. The van der Waals surface area contributed by atoms with Crippen molar-refractivity contribution in [2.45, 2.75) is 6.92 Å². The van der Waals surface area contributed by atoms with Crippen molar-refractivity contribution in [1.82, 2.24) is 0 Å². The quantitative estimate of drug-likeness (QED) is 0.693. The summed E-state index contributed by atoms with van der Waals surface area (Å²) in [5, 5.41) is 14.7. The minimum atomic E-state index is -0.236. The number of carbonyl (C=O) groups excluding carboxylic acids is 1. The molecule has 0 spiro atoms. The minimum Gasteiger partial charge on any atom is -0.506 e. The van der Waals surface area contributed by atoms with Gasteiger partial charge in [0.25, 0.3) is 5.91 Å². The van der Waals surface area contributed by atoms with E-state index in [1.54, 1.807) is 18.2 Å². The summed E-state index contributed by atoms with van der Waals surface area (Å²) in [6.45, 7) is 1.88. The second-order valence-corrected chi connectivity index (χ2v) is 5.04. The largest absolute Gasteiger partial charge is 0.506 e. The van der Waals surface area contributed by atoms with Gasteiger partial charge in [-0.3, -0.25) is 4.79 Å². The molecule has 3 aromatic carbocycles. The van der Waals surface area contributed by atoms with E-state index in [0.717, 1.165) is 16.3 Å². The van der Waals surface area contributed by atoms with Crippen LogP contribution in [0.1, 0.15) is 15.9 Å². The highest BCUT2D eigenvalue weighted by atomic mass is 16.3. The fourth-order valence-electron chi connectivity index (χ4n) is 2.27. The van der Waals surface area contributed by atoms with Crippen molar-refractivity contribution in [2.24, 2.45) is 0 Å². The molecule has 0 heterocycles. The normalized spacial score (nSPS) is 10.5. The lowest BCUT2D eigenvalue weighted by Crippen LogP contribution is -2.11. The molecule has 0 fully saturated rings. The Hall–Kier alpha value is -2.81. The van der Waals surface area contributed by atoms with Crippen LogP contribution >= 0.6 is 0 Å². The number of rotatable bonds is 2. The molecule has 3 nitrogen and oxygen atoms in total.